The Morgan fingerprint density at radius 3 is 2.11 bits per heavy atom. The number of rotatable bonds is 5. The fourth-order valence-electron chi connectivity index (χ4n) is 3.96. The highest BCUT2D eigenvalue weighted by Gasteiger charge is 2.21. The number of halogens is 1. The predicted octanol–water partition coefficient (Wildman–Crippen LogP) is 6.76. The number of carboxylic acids is 1. The fourth-order valence-corrected chi connectivity index (χ4v) is 3.96. The van der Waals surface area contributed by atoms with Crippen LogP contribution < -0.4 is 5.32 Å². The fraction of sp³-hybridized carbons (Fsp3) is 0.207. The number of nitrogens with zero attached hydrogens (tertiary/aromatic N) is 2. The zero-order valence-corrected chi connectivity index (χ0v) is 20.1. The molecule has 0 saturated heterocycles. The van der Waals surface area contributed by atoms with Crippen molar-refractivity contribution in [3.05, 3.63) is 83.7 Å². The standard InChI is InChI=1S/C29H26FN3O2/c1-17(28(34)35)32-27-23-15-22(30)13-14-25(23)33-26(24(27)16-31)20-7-5-18(6-8-20)19-9-11-21(12-10-19)29(2,3)4/h5-15,17H,1-4H3,(H,32,33)(H,34,35). The van der Waals surface area contributed by atoms with Crippen molar-refractivity contribution in [2.24, 2.45) is 0 Å². The second-order valence-corrected chi connectivity index (χ2v) is 9.59. The van der Waals surface area contributed by atoms with Gasteiger partial charge >= 0.3 is 5.97 Å². The minimum absolute atomic E-state index is 0.0740. The Hall–Kier alpha value is -4.24. The first kappa shape index (κ1) is 23.9. The van der Waals surface area contributed by atoms with Gasteiger partial charge in [-0.2, -0.15) is 5.26 Å². The lowest BCUT2D eigenvalue weighted by molar-refractivity contribution is -0.137. The van der Waals surface area contributed by atoms with Crippen LogP contribution in [-0.4, -0.2) is 22.1 Å². The number of carbonyl (C=O) groups is 1. The molecule has 1 atom stereocenters. The van der Waals surface area contributed by atoms with Crippen LogP contribution in [0.3, 0.4) is 0 Å². The van der Waals surface area contributed by atoms with Gasteiger partial charge in [0.1, 0.15) is 23.5 Å². The van der Waals surface area contributed by atoms with Crippen LogP contribution in [0.4, 0.5) is 10.1 Å². The Morgan fingerprint density at radius 1 is 1.00 bits per heavy atom. The molecular formula is C29H26FN3O2. The number of fused-ring (bicyclic) bond motifs is 1. The molecule has 1 unspecified atom stereocenters. The van der Waals surface area contributed by atoms with Crippen LogP contribution in [0.5, 0.6) is 0 Å². The number of nitriles is 1. The topological polar surface area (TPSA) is 86.0 Å². The smallest absolute Gasteiger partial charge is 0.325 e. The van der Waals surface area contributed by atoms with Gasteiger partial charge in [-0.1, -0.05) is 69.3 Å². The number of aliphatic carboxylic acids is 1. The number of hydrogen-bond donors (Lipinski definition) is 2. The summed E-state index contributed by atoms with van der Waals surface area (Å²) in [6, 6.07) is 21.4. The number of aromatic nitrogens is 1. The van der Waals surface area contributed by atoms with E-state index in [0.717, 1.165) is 11.1 Å². The molecular weight excluding hydrogens is 441 g/mol. The van der Waals surface area contributed by atoms with Crippen LogP contribution >= 0.6 is 0 Å². The first-order valence-electron chi connectivity index (χ1n) is 11.3. The van der Waals surface area contributed by atoms with Gasteiger partial charge in [-0.05, 0) is 47.2 Å². The van der Waals surface area contributed by atoms with E-state index < -0.39 is 17.8 Å². The van der Waals surface area contributed by atoms with Crippen LogP contribution in [0.25, 0.3) is 33.3 Å². The van der Waals surface area contributed by atoms with Gasteiger partial charge < -0.3 is 10.4 Å². The van der Waals surface area contributed by atoms with Crippen molar-refractivity contribution in [3.63, 3.8) is 0 Å². The lowest BCUT2D eigenvalue weighted by Gasteiger charge is -2.19. The molecule has 3 aromatic carbocycles. The zero-order chi connectivity index (χ0) is 25.3. The molecule has 0 amide bonds. The molecule has 5 nitrogen and oxygen atoms in total. The molecule has 4 aromatic rings. The van der Waals surface area contributed by atoms with Crippen LogP contribution in [0, 0.1) is 17.1 Å². The summed E-state index contributed by atoms with van der Waals surface area (Å²) in [6.45, 7) is 7.99. The van der Waals surface area contributed by atoms with Gasteiger partial charge in [-0.25, -0.2) is 9.37 Å². The Kier molecular flexibility index (Phi) is 6.27. The highest BCUT2D eigenvalue weighted by atomic mass is 19.1. The van der Waals surface area contributed by atoms with E-state index in [9.17, 15) is 19.6 Å². The van der Waals surface area contributed by atoms with Crippen molar-refractivity contribution in [1.29, 1.82) is 5.26 Å². The summed E-state index contributed by atoms with van der Waals surface area (Å²) >= 11 is 0. The van der Waals surface area contributed by atoms with Gasteiger partial charge in [0.2, 0.25) is 0 Å². The van der Waals surface area contributed by atoms with Crippen molar-refractivity contribution in [2.45, 2.75) is 39.2 Å². The van der Waals surface area contributed by atoms with E-state index >= 15 is 0 Å². The maximum absolute atomic E-state index is 14.0. The molecule has 0 fully saturated rings. The van der Waals surface area contributed by atoms with E-state index in [1.54, 1.807) is 0 Å². The van der Waals surface area contributed by atoms with Crippen LogP contribution in [-0.2, 0) is 10.2 Å². The number of nitrogens with one attached hydrogen (secondary N) is 1. The van der Waals surface area contributed by atoms with Gasteiger partial charge in [0.05, 0.1) is 16.9 Å². The third-order valence-electron chi connectivity index (χ3n) is 6.03. The average molecular weight is 468 g/mol. The Bertz CT molecular complexity index is 1450. The lowest BCUT2D eigenvalue weighted by Crippen LogP contribution is -2.26. The molecule has 0 spiro atoms. The molecule has 0 saturated carbocycles. The third-order valence-corrected chi connectivity index (χ3v) is 6.03. The Morgan fingerprint density at radius 2 is 1.57 bits per heavy atom. The first-order chi connectivity index (χ1) is 16.6. The summed E-state index contributed by atoms with van der Waals surface area (Å²) in [5, 5.41) is 22.6. The Balaban J connectivity index is 1.80. The number of carboxylic acid groups (broad SMARTS) is 1. The van der Waals surface area contributed by atoms with Crippen molar-refractivity contribution in [1.82, 2.24) is 4.98 Å². The monoisotopic (exact) mass is 467 g/mol. The van der Waals surface area contributed by atoms with E-state index in [-0.39, 0.29) is 16.7 Å². The molecule has 2 N–H and O–H groups in total. The van der Waals surface area contributed by atoms with Gasteiger partial charge in [-0.3, -0.25) is 4.79 Å². The highest BCUT2D eigenvalue weighted by Crippen LogP contribution is 2.35. The largest absolute Gasteiger partial charge is 0.480 e. The molecule has 1 heterocycles. The molecule has 176 valence electrons. The predicted molar refractivity (Wildman–Crippen MR) is 137 cm³/mol. The van der Waals surface area contributed by atoms with E-state index in [4.69, 9.17) is 0 Å². The van der Waals surface area contributed by atoms with Crippen LogP contribution in [0.15, 0.2) is 66.7 Å². The lowest BCUT2D eigenvalue weighted by atomic mass is 9.86. The van der Waals surface area contributed by atoms with Crippen molar-refractivity contribution in [2.75, 3.05) is 5.32 Å². The second kappa shape index (κ2) is 9.19. The molecule has 35 heavy (non-hydrogen) atoms. The van der Waals surface area contributed by atoms with E-state index in [1.165, 1.54) is 30.7 Å². The van der Waals surface area contributed by atoms with Crippen molar-refractivity contribution in [3.8, 4) is 28.5 Å². The molecule has 0 bridgehead atoms. The minimum Gasteiger partial charge on any atom is -0.480 e. The maximum atomic E-state index is 14.0. The van der Waals surface area contributed by atoms with Gasteiger partial charge in [0, 0.05) is 10.9 Å². The number of pyridine rings is 1. The van der Waals surface area contributed by atoms with Crippen molar-refractivity contribution >= 4 is 22.6 Å². The van der Waals surface area contributed by atoms with Crippen LogP contribution in [0.2, 0.25) is 0 Å². The summed E-state index contributed by atoms with van der Waals surface area (Å²) in [5.41, 5.74) is 5.41. The quantitative estimate of drug-likeness (QED) is 0.339. The molecule has 0 aliphatic rings. The van der Waals surface area contributed by atoms with E-state index in [1.807, 2.05) is 24.3 Å². The first-order valence-corrected chi connectivity index (χ1v) is 11.3. The second-order valence-electron chi connectivity index (χ2n) is 9.59. The summed E-state index contributed by atoms with van der Waals surface area (Å²) < 4.78 is 14.0. The van der Waals surface area contributed by atoms with Crippen molar-refractivity contribution < 1.29 is 14.3 Å². The normalized spacial score (nSPS) is 12.2. The summed E-state index contributed by atoms with van der Waals surface area (Å²) in [6.07, 6.45) is 0. The summed E-state index contributed by atoms with van der Waals surface area (Å²) in [4.78, 5) is 16.1. The number of anilines is 1. The van der Waals surface area contributed by atoms with E-state index in [2.05, 4.69) is 61.4 Å². The van der Waals surface area contributed by atoms with Gasteiger partial charge in [0.15, 0.2) is 0 Å². The molecule has 6 heteroatoms. The molecule has 0 radical (unpaired) electrons. The van der Waals surface area contributed by atoms with E-state index in [0.29, 0.717) is 22.2 Å². The number of hydrogen-bond acceptors (Lipinski definition) is 4. The molecule has 0 aliphatic heterocycles. The van der Waals surface area contributed by atoms with Gasteiger partial charge in [0.25, 0.3) is 0 Å². The maximum Gasteiger partial charge on any atom is 0.325 e. The Labute approximate surface area is 203 Å². The molecule has 0 aliphatic carbocycles. The zero-order valence-electron chi connectivity index (χ0n) is 20.1. The number of benzene rings is 3. The van der Waals surface area contributed by atoms with Crippen LogP contribution in [0.1, 0.15) is 38.8 Å². The SMILES string of the molecule is CC(Nc1c(C#N)c(-c2ccc(-c3ccc(C(C)(C)C)cc3)cc2)nc2ccc(F)cc12)C(=O)O. The third kappa shape index (κ3) is 4.85. The van der Waals surface area contributed by atoms with Gasteiger partial charge in [-0.15, -0.1) is 0 Å². The summed E-state index contributed by atoms with van der Waals surface area (Å²) in [5.74, 6) is -1.58. The molecule has 1 aromatic heterocycles. The highest BCUT2D eigenvalue weighted by molar-refractivity contribution is 5.99. The summed E-state index contributed by atoms with van der Waals surface area (Å²) in [7, 11) is 0. The minimum atomic E-state index is -1.08. The average Bonchev–Trinajstić information content (AvgIpc) is 2.83. The molecule has 4 rings (SSSR count).